The van der Waals surface area contributed by atoms with E-state index in [1.54, 1.807) is 49.6 Å². The Labute approximate surface area is 379 Å². The minimum atomic E-state index is -1.07. The first kappa shape index (κ1) is 44.9. The normalized spacial score (nSPS) is 22.0. The minimum absolute atomic E-state index is 0.0364. The highest BCUT2D eigenvalue weighted by atomic mass is 16.5. The van der Waals surface area contributed by atoms with E-state index in [-0.39, 0.29) is 56.3 Å². The Kier molecular flexibility index (Phi) is 13.9. The van der Waals surface area contributed by atoms with Gasteiger partial charge in [0.25, 0.3) is 0 Å². The van der Waals surface area contributed by atoms with Crippen LogP contribution in [0.15, 0.2) is 72.8 Å². The third-order valence-corrected chi connectivity index (χ3v) is 13.6. The molecule has 13 heteroatoms. The first-order chi connectivity index (χ1) is 31.7. The molecule has 7 N–H and O–H groups in total. The van der Waals surface area contributed by atoms with E-state index in [1.165, 1.54) is 0 Å². The van der Waals surface area contributed by atoms with Gasteiger partial charge in [0, 0.05) is 78.2 Å². The van der Waals surface area contributed by atoms with Gasteiger partial charge in [0.05, 0.1) is 44.4 Å². The quantitative estimate of drug-likeness (QED) is 0.0355. The molecular weight excluding hydrogens is 831 g/mol. The number of hydrogen-bond acceptors (Lipinski definition) is 13. The Morgan fingerprint density at radius 3 is 2.45 bits per heavy atom. The lowest BCUT2D eigenvalue weighted by molar-refractivity contribution is -0.136. The number of nitrogens with one attached hydrogen (secondary N) is 1. The zero-order valence-corrected chi connectivity index (χ0v) is 36.9. The molecule has 5 aromatic rings. The summed E-state index contributed by atoms with van der Waals surface area (Å²) in [6.07, 6.45) is 4.56. The molecule has 0 saturated heterocycles. The summed E-state index contributed by atoms with van der Waals surface area (Å²) >= 11 is 0. The van der Waals surface area contributed by atoms with Gasteiger partial charge in [-0.2, -0.15) is 0 Å². The van der Waals surface area contributed by atoms with E-state index in [0.717, 1.165) is 76.3 Å². The number of benzene rings is 5. The number of aromatic hydroxyl groups is 3. The summed E-state index contributed by atoms with van der Waals surface area (Å²) in [6, 6.07) is 21.3. The van der Waals surface area contributed by atoms with Gasteiger partial charge in [-0.3, -0.25) is 5.32 Å². The molecule has 0 radical (unpaired) electrons. The fourth-order valence-electron chi connectivity index (χ4n) is 10.7. The lowest BCUT2D eigenvalue weighted by atomic mass is 9.71. The molecule has 65 heavy (non-hydrogen) atoms. The molecule has 5 aromatic carbocycles. The highest BCUT2D eigenvalue weighted by Gasteiger charge is 2.51. The average molecular weight is 892 g/mol. The standard InChI is InChI=1S/C52H61NO12/c1-60-19-6-12-45-46(52(64-37(17-18-54)27-53-29-55)47-41-11-5-20-61-50(41)42-25-35(58)14-16-40(42)51(47)65-45)44-28-62-49-32(24-38(26-43(49)48(44)59)63-36-9-2-3-10-36)21-31-23-34(57)13-15-39(31)30-7-4-8-33(56)22-30/h4,7-8,13-16,22-26,36-37,44-46,48,52-59H,2-3,5-6,9-12,17-21,27-29H2,1H3/t37-,44-,45-,46-,48-,52-/m1/s1. The Hall–Kier alpha value is -5.28. The minimum Gasteiger partial charge on any atom is -0.508 e. The first-order valence-corrected chi connectivity index (χ1v) is 23.2. The molecule has 0 unspecified atom stereocenters. The van der Waals surface area contributed by atoms with Crippen LogP contribution >= 0.6 is 0 Å². The summed E-state index contributed by atoms with van der Waals surface area (Å²) in [5, 5.41) is 69.6. The van der Waals surface area contributed by atoms with Crippen molar-refractivity contribution in [2.24, 2.45) is 11.8 Å². The van der Waals surface area contributed by atoms with E-state index in [9.17, 15) is 30.6 Å². The molecule has 0 bridgehead atoms. The predicted octanol–water partition coefficient (Wildman–Crippen LogP) is 7.75. The van der Waals surface area contributed by atoms with Crippen LogP contribution in [-0.4, -0.2) is 95.8 Å². The van der Waals surface area contributed by atoms with Gasteiger partial charge in [-0.25, -0.2) is 0 Å². The number of aliphatic hydroxyl groups is 3. The molecule has 6 atom stereocenters. The van der Waals surface area contributed by atoms with Crippen molar-refractivity contribution in [3.05, 3.63) is 101 Å². The van der Waals surface area contributed by atoms with Gasteiger partial charge in [-0.1, -0.05) is 18.2 Å². The van der Waals surface area contributed by atoms with Crippen molar-refractivity contribution in [3.63, 3.8) is 0 Å². The topological polar surface area (TPSA) is 189 Å². The summed E-state index contributed by atoms with van der Waals surface area (Å²) in [5.74, 6) is 1.77. The van der Waals surface area contributed by atoms with Gasteiger partial charge in [0.15, 0.2) is 0 Å². The summed E-state index contributed by atoms with van der Waals surface area (Å²) < 4.78 is 40.0. The van der Waals surface area contributed by atoms with Crippen LogP contribution in [0.25, 0.3) is 21.9 Å². The Bertz CT molecular complexity index is 2450. The van der Waals surface area contributed by atoms with Crippen molar-refractivity contribution < 1.29 is 59.1 Å². The lowest BCUT2D eigenvalue weighted by Crippen LogP contribution is -2.48. The van der Waals surface area contributed by atoms with Crippen LogP contribution in [0.3, 0.4) is 0 Å². The molecule has 1 saturated carbocycles. The van der Waals surface area contributed by atoms with Crippen LogP contribution in [-0.2, 0) is 22.3 Å². The Balaban J connectivity index is 1.18. The SMILES string of the molecule is COCCC[C@H]1Oc2c(c3c(c4cc(O)ccc24)OCCC3)[C@H](O[C@H](CCO)CNCO)[C@@H]1[C@H]1COc2c(Cc3cc(O)ccc3-c3cccc(O)c3)cc(OC3CCCC3)cc2[C@H]1O. The molecule has 9 rings (SSSR count). The summed E-state index contributed by atoms with van der Waals surface area (Å²) in [6.45, 7) is 0.970. The second-order valence-electron chi connectivity index (χ2n) is 17.9. The number of ether oxygens (including phenoxy) is 6. The second kappa shape index (κ2) is 20.1. The maximum absolute atomic E-state index is 13.1. The third-order valence-electron chi connectivity index (χ3n) is 13.6. The smallest absolute Gasteiger partial charge is 0.133 e. The molecule has 1 fully saturated rings. The van der Waals surface area contributed by atoms with E-state index in [2.05, 4.69) is 5.32 Å². The van der Waals surface area contributed by atoms with Crippen LogP contribution in [0.4, 0.5) is 0 Å². The zero-order chi connectivity index (χ0) is 45.0. The van der Waals surface area contributed by atoms with Gasteiger partial charge >= 0.3 is 0 Å². The fourth-order valence-corrected chi connectivity index (χ4v) is 10.7. The number of rotatable bonds is 17. The van der Waals surface area contributed by atoms with Gasteiger partial charge in [0.1, 0.15) is 46.4 Å². The first-order valence-electron chi connectivity index (χ1n) is 23.2. The van der Waals surface area contributed by atoms with E-state index < -0.39 is 36.3 Å². The Morgan fingerprint density at radius 1 is 0.831 bits per heavy atom. The van der Waals surface area contributed by atoms with Crippen LogP contribution in [0.5, 0.6) is 40.2 Å². The third kappa shape index (κ3) is 9.41. The van der Waals surface area contributed by atoms with Crippen molar-refractivity contribution >= 4 is 10.8 Å². The van der Waals surface area contributed by atoms with Gasteiger partial charge in [-0.15, -0.1) is 0 Å². The predicted molar refractivity (Wildman–Crippen MR) is 244 cm³/mol. The average Bonchev–Trinajstić information content (AvgIpc) is 3.82. The van der Waals surface area contributed by atoms with Crippen LogP contribution in [0, 0.1) is 11.8 Å². The molecule has 346 valence electrons. The van der Waals surface area contributed by atoms with E-state index >= 15 is 0 Å². The van der Waals surface area contributed by atoms with Crippen molar-refractivity contribution in [1.82, 2.24) is 5.32 Å². The number of hydrogen-bond donors (Lipinski definition) is 7. The van der Waals surface area contributed by atoms with E-state index in [1.807, 2.05) is 30.3 Å². The van der Waals surface area contributed by atoms with E-state index in [4.69, 9.17) is 28.4 Å². The molecule has 13 nitrogen and oxygen atoms in total. The molecule has 3 aliphatic heterocycles. The molecule has 3 heterocycles. The zero-order valence-electron chi connectivity index (χ0n) is 36.9. The summed E-state index contributed by atoms with van der Waals surface area (Å²) in [4.78, 5) is 0. The molecular formula is C52H61NO12. The number of phenols is 3. The number of aliphatic hydroxyl groups excluding tert-OH is 3. The molecule has 0 spiro atoms. The van der Waals surface area contributed by atoms with E-state index in [0.29, 0.717) is 67.5 Å². The van der Waals surface area contributed by atoms with Crippen LogP contribution in [0.1, 0.15) is 91.4 Å². The monoisotopic (exact) mass is 891 g/mol. The molecule has 0 aromatic heterocycles. The van der Waals surface area contributed by atoms with Crippen molar-refractivity contribution in [2.75, 3.05) is 46.8 Å². The van der Waals surface area contributed by atoms with Crippen LogP contribution in [0.2, 0.25) is 0 Å². The van der Waals surface area contributed by atoms with Crippen molar-refractivity contribution in [1.29, 1.82) is 0 Å². The summed E-state index contributed by atoms with van der Waals surface area (Å²) in [5.41, 5.74) is 5.54. The van der Waals surface area contributed by atoms with Gasteiger partial charge in [-0.05, 0) is 129 Å². The van der Waals surface area contributed by atoms with Crippen molar-refractivity contribution in [3.8, 4) is 51.4 Å². The number of methoxy groups -OCH3 is 1. The van der Waals surface area contributed by atoms with Gasteiger partial charge in [0.2, 0.25) is 0 Å². The fraction of sp³-hybridized carbons (Fsp3) is 0.462. The Morgan fingerprint density at radius 2 is 1.65 bits per heavy atom. The summed E-state index contributed by atoms with van der Waals surface area (Å²) in [7, 11) is 1.67. The molecule has 1 aliphatic carbocycles. The van der Waals surface area contributed by atoms with Crippen molar-refractivity contribution in [2.45, 2.75) is 94.7 Å². The number of phenolic OH excluding ortho intramolecular Hbond substituents is 3. The maximum Gasteiger partial charge on any atom is 0.133 e. The molecule has 0 amide bonds. The lowest BCUT2D eigenvalue weighted by Gasteiger charge is -2.48. The largest absolute Gasteiger partial charge is 0.508 e. The van der Waals surface area contributed by atoms with Gasteiger partial charge < -0.3 is 59.1 Å². The molecule has 4 aliphatic rings. The number of fused-ring (bicyclic) bond motifs is 7. The maximum atomic E-state index is 13.1. The second-order valence-corrected chi connectivity index (χ2v) is 17.9. The highest BCUT2D eigenvalue weighted by Crippen LogP contribution is 2.57. The highest BCUT2D eigenvalue weighted by molar-refractivity contribution is 5.97. The van der Waals surface area contributed by atoms with Crippen LogP contribution < -0.4 is 24.3 Å².